The zero-order chi connectivity index (χ0) is 26.4. The van der Waals surface area contributed by atoms with E-state index in [1.807, 2.05) is 43.3 Å². The Kier molecular flexibility index (Phi) is 8.12. The third kappa shape index (κ3) is 5.93. The predicted octanol–water partition coefficient (Wildman–Crippen LogP) is 3.78. The number of aryl methyl sites for hydroxylation is 1. The predicted molar refractivity (Wildman–Crippen MR) is 139 cm³/mol. The molecule has 0 aliphatic carbocycles. The molecule has 0 spiro atoms. The molecule has 3 heterocycles. The number of aromatic nitrogens is 3. The number of hydrogen-bond acceptors (Lipinski definition) is 8. The van der Waals surface area contributed by atoms with Crippen molar-refractivity contribution in [3.8, 4) is 11.6 Å². The van der Waals surface area contributed by atoms with Gasteiger partial charge in [-0.15, -0.1) is 5.10 Å². The molecule has 3 aromatic rings. The highest BCUT2D eigenvalue weighted by molar-refractivity contribution is 7.93. The zero-order valence-corrected chi connectivity index (χ0v) is 21.8. The molecule has 0 fully saturated rings. The molecule has 0 saturated heterocycles. The average molecular weight is 527 g/mol. The fourth-order valence-electron chi connectivity index (χ4n) is 3.93. The summed E-state index contributed by atoms with van der Waals surface area (Å²) in [7, 11) is -2.77. The number of benzene rings is 1. The molecular formula is C26H30N4O6S. The molecule has 0 N–H and O–H groups in total. The Hall–Kier alpha value is -3.86. The number of fused-ring (bicyclic) bond motifs is 1. The number of hydrogen-bond donors (Lipinski definition) is 0. The van der Waals surface area contributed by atoms with Gasteiger partial charge in [0, 0.05) is 25.4 Å². The Balaban J connectivity index is 1.74. The van der Waals surface area contributed by atoms with Crippen LogP contribution in [0.3, 0.4) is 0 Å². The second-order valence-corrected chi connectivity index (χ2v) is 10.1. The van der Waals surface area contributed by atoms with Crippen molar-refractivity contribution in [2.24, 2.45) is 0 Å². The van der Waals surface area contributed by atoms with Gasteiger partial charge >= 0.3 is 5.97 Å². The number of nitrogens with zero attached hydrogens (tertiary/aromatic N) is 4. The third-order valence-corrected chi connectivity index (χ3v) is 7.58. The van der Waals surface area contributed by atoms with Gasteiger partial charge in [-0.1, -0.05) is 18.2 Å². The number of ether oxygens (including phenoxy) is 3. The molecule has 1 aliphatic rings. The van der Waals surface area contributed by atoms with E-state index in [0.29, 0.717) is 24.4 Å². The van der Waals surface area contributed by atoms with Gasteiger partial charge < -0.3 is 14.2 Å². The molecule has 10 nitrogen and oxygen atoms in total. The number of carbonyl (C=O) groups excluding carboxylic acids is 1. The van der Waals surface area contributed by atoms with E-state index in [-0.39, 0.29) is 36.3 Å². The topological polar surface area (TPSA) is 113 Å². The minimum atomic E-state index is -4.09. The SMILES string of the molecule is CCOc1nn(CC)cc1S(=O)(=O)N1C[C@H](CCC(=O)OC)Oc2ccc(/C=C/c3ccccn3)cc21. The molecule has 1 aliphatic heterocycles. The number of sulfonamides is 1. The molecule has 0 bridgehead atoms. The summed E-state index contributed by atoms with van der Waals surface area (Å²) in [6.07, 6.45) is 6.74. The zero-order valence-electron chi connectivity index (χ0n) is 21.0. The van der Waals surface area contributed by atoms with Crippen LogP contribution in [0.25, 0.3) is 12.2 Å². The van der Waals surface area contributed by atoms with Gasteiger partial charge in [-0.25, -0.2) is 8.42 Å². The Bertz CT molecular complexity index is 1370. The molecule has 1 aromatic carbocycles. The number of anilines is 1. The summed E-state index contributed by atoms with van der Waals surface area (Å²) in [5.74, 6) is 0.0666. The Morgan fingerprint density at radius 1 is 1.22 bits per heavy atom. The van der Waals surface area contributed by atoms with E-state index >= 15 is 0 Å². The lowest BCUT2D eigenvalue weighted by molar-refractivity contribution is -0.141. The third-order valence-electron chi connectivity index (χ3n) is 5.82. The molecule has 1 atom stereocenters. The van der Waals surface area contributed by atoms with Crippen molar-refractivity contribution >= 4 is 33.8 Å². The minimum absolute atomic E-state index is 0.0165. The first-order valence-electron chi connectivity index (χ1n) is 12.0. The summed E-state index contributed by atoms with van der Waals surface area (Å²) in [5, 5.41) is 4.28. The van der Waals surface area contributed by atoms with Crippen LogP contribution in [0, 0.1) is 0 Å². The molecular weight excluding hydrogens is 496 g/mol. The standard InChI is InChI=1S/C26H30N4O6S/c1-4-29-18-24(26(28-29)35-5-2)37(32,33)30-17-21(12-14-25(31)34-3)36-23-13-10-19(16-22(23)30)9-11-20-8-6-7-15-27-20/h6-11,13,15-16,18,21H,4-5,12,14,17H2,1-3H3/b11-9+/t21-/m0/s1. The highest BCUT2D eigenvalue weighted by Gasteiger charge is 2.37. The monoisotopic (exact) mass is 526 g/mol. The number of esters is 1. The Labute approximate surface area is 216 Å². The minimum Gasteiger partial charge on any atom is -0.486 e. The van der Waals surface area contributed by atoms with E-state index in [1.165, 1.54) is 22.3 Å². The van der Waals surface area contributed by atoms with E-state index in [4.69, 9.17) is 14.2 Å². The smallest absolute Gasteiger partial charge is 0.305 e. The van der Waals surface area contributed by atoms with Crippen molar-refractivity contribution in [1.29, 1.82) is 0 Å². The summed E-state index contributed by atoms with van der Waals surface area (Å²) in [4.78, 5) is 16.0. The Morgan fingerprint density at radius 2 is 2.05 bits per heavy atom. The van der Waals surface area contributed by atoms with Gasteiger partial charge in [0.05, 0.1) is 31.6 Å². The summed E-state index contributed by atoms with van der Waals surface area (Å²) < 4.78 is 47.3. The first-order chi connectivity index (χ1) is 17.8. The van der Waals surface area contributed by atoms with Crippen molar-refractivity contribution in [3.63, 3.8) is 0 Å². The normalized spacial score (nSPS) is 15.3. The van der Waals surface area contributed by atoms with Crippen molar-refractivity contribution < 1.29 is 27.4 Å². The first-order valence-corrected chi connectivity index (χ1v) is 13.5. The van der Waals surface area contributed by atoms with Gasteiger partial charge in [-0.2, -0.15) is 0 Å². The van der Waals surface area contributed by atoms with Gasteiger partial charge in [0.25, 0.3) is 15.9 Å². The number of rotatable bonds is 10. The average Bonchev–Trinajstić information content (AvgIpc) is 3.34. The van der Waals surface area contributed by atoms with Crippen LogP contribution in [0.5, 0.6) is 11.6 Å². The van der Waals surface area contributed by atoms with Crippen LogP contribution in [-0.2, 0) is 26.1 Å². The second kappa shape index (κ2) is 11.5. The summed E-state index contributed by atoms with van der Waals surface area (Å²) in [6.45, 7) is 4.41. The first kappa shape index (κ1) is 26.2. The van der Waals surface area contributed by atoms with Crippen LogP contribution in [0.1, 0.15) is 37.9 Å². The highest BCUT2D eigenvalue weighted by atomic mass is 32.2. The van der Waals surface area contributed by atoms with Crippen LogP contribution in [0.4, 0.5) is 5.69 Å². The van der Waals surface area contributed by atoms with E-state index in [9.17, 15) is 13.2 Å². The van der Waals surface area contributed by atoms with Crippen molar-refractivity contribution in [2.75, 3.05) is 24.6 Å². The van der Waals surface area contributed by atoms with Gasteiger partial charge in [0.2, 0.25) is 0 Å². The molecule has 0 unspecified atom stereocenters. The molecule has 2 aromatic heterocycles. The number of methoxy groups -OCH3 is 1. The maximum absolute atomic E-state index is 14.0. The molecule has 4 rings (SSSR count). The largest absolute Gasteiger partial charge is 0.486 e. The van der Waals surface area contributed by atoms with E-state index < -0.39 is 16.1 Å². The maximum Gasteiger partial charge on any atom is 0.305 e. The van der Waals surface area contributed by atoms with Crippen LogP contribution in [-0.4, -0.2) is 55.5 Å². The van der Waals surface area contributed by atoms with Gasteiger partial charge in [0.15, 0.2) is 4.90 Å². The van der Waals surface area contributed by atoms with Crippen molar-refractivity contribution in [2.45, 2.75) is 44.2 Å². The molecule has 0 saturated carbocycles. The van der Waals surface area contributed by atoms with E-state index in [2.05, 4.69) is 10.1 Å². The molecule has 0 radical (unpaired) electrons. The lowest BCUT2D eigenvalue weighted by Crippen LogP contribution is -2.43. The van der Waals surface area contributed by atoms with Crippen LogP contribution in [0.2, 0.25) is 0 Å². The molecule has 11 heteroatoms. The highest BCUT2D eigenvalue weighted by Crippen LogP contribution is 2.40. The van der Waals surface area contributed by atoms with Crippen molar-refractivity contribution in [3.05, 3.63) is 60.0 Å². The lowest BCUT2D eigenvalue weighted by Gasteiger charge is -2.35. The summed E-state index contributed by atoms with van der Waals surface area (Å²) in [6, 6.07) is 10.9. The van der Waals surface area contributed by atoms with Gasteiger partial charge in [0.1, 0.15) is 11.9 Å². The fraction of sp³-hybridized carbons (Fsp3) is 0.346. The lowest BCUT2D eigenvalue weighted by atomic mass is 10.1. The van der Waals surface area contributed by atoms with Gasteiger partial charge in [-0.3, -0.25) is 18.8 Å². The summed E-state index contributed by atoms with van der Waals surface area (Å²) in [5.41, 5.74) is 1.94. The number of carbonyl (C=O) groups is 1. The van der Waals surface area contributed by atoms with Crippen molar-refractivity contribution in [1.82, 2.24) is 14.8 Å². The quantitative estimate of drug-likeness (QED) is 0.367. The Morgan fingerprint density at radius 3 is 2.76 bits per heavy atom. The molecule has 196 valence electrons. The van der Waals surface area contributed by atoms with Gasteiger partial charge in [-0.05, 0) is 56.2 Å². The fourth-order valence-corrected chi connectivity index (χ4v) is 5.50. The second-order valence-electron chi connectivity index (χ2n) is 8.29. The molecule has 0 amide bonds. The van der Waals surface area contributed by atoms with Crippen LogP contribution < -0.4 is 13.8 Å². The molecule has 37 heavy (non-hydrogen) atoms. The number of pyridine rings is 1. The van der Waals surface area contributed by atoms with E-state index in [1.54, 1.807) is 25.3 Å². The summed E-state index contributed by atoms with van der Waals surface area (Å²) >= 11 is 0. The van der Waals surface area contributed by atoms with Crippen LogP contribution >= 0.6 is 0 Å². The van der Waals surface area contributed by atoms with Crippen LogP contribution in [0.15, 0.2) is 53.7 Å². The maximum atomic E-state index is 14.0. The van der Waals surface area contributed by atoms with E-state index in [0.717, 1.165) is 11.3 Å².